The molecular weight excluding hydrogens is 588 g/mol. The third-order valence-electron chi connectivity index (χ3n) is 6.87. The number of benzene rings is 3. The number of hydrogen-bond acceptors (Lipinski definition) is 4. The zero-order valence-corrected chi connectivity index (χ0v) is 23.0. The number of nitrogens with zero attached hydrogens (tertiary/aromatic N) is 1. The molecule has 1 aliphatic carbocycles. The predicted molar refractivity (Wildman–Crippen MR) is 154 cm³/mol. The van der Waals surface area contributed by atoms with E-state index < -0.39 is 41.7 Å². The molecule has 5 rings (SSSR count). The second kappa shape index (κ2) is 11.9. The Kier molecular flexibility index (Phi) is 8.23. The van der Waals surface area contributed by atoms with Crippen molar-refractivity contribution in [2.75, 3.05) is 0 Å². The lowest BCUT2D eigenvalue weighted by Gasteiger charge is -2.27. The van der Waals surface area contributed by atoms with Gasteiger partial charge in [0.1, 0.15) is 28.9 Å². The van der Waals surface area contributed by atoms with Crippen LogP contribution in [0.25, 0.3) is 16.3 Å². The molecule has 0 aliphatic heterocycles. The minimum Gasteiger partial charge on any atom is -0.480 e. The number of carbonyl (C=O) groups is 2. The second-order valence-electron chi connectivity index (χ2n) is 10.0. The van der Waals surface area contributed by atoms with Gasteiger partial charge in [-0.1, -0.05) is 35.9 Å². The van der Waals surface area contributed by atoms with Crippen LogP contribution in [-0.4, -0.2) is 33.7 Å². The summed E-state index contributed by atoms with van der Waals surface area (Å²) in [5.41, 5.74) is -1.39. The fourth-order valence-electron chi connectivity index (χ4n) is 4.61. The molecule has 4 aromatic rings. The van der Waals surface area contributed by atoms with Gasteiger partial charge in [-0.15, -0.1) is 0 Å². The highest BCUT2D eigenvalue weighted by molar-refractivity contribution is 6.30. The van der Waals surface area contributed by atoms with Crippen LogP contribution >= 0.6 is 11.6 Å². The SMILES string of the molecule is O=C(N[C@@H](CC1(F)C=CC(c2cccc(Cl)c2)=CC1)C(=O)O)c1cc2cc(Oc3ccc(C(F)(F)F)cc3)ccc2cn1. The second-order valence-corrected chi connectivity index (χ2v) is 10.4. The van der Waals surface area contributed by atoms with Crippen molar-refractivity contribution in [3.05, 3.63) is 119 Å². The lowest BCUT2D eigenvalue weighted by Crippen LogP contribution is -2.45. The van der Waals surface area contributed by atoms with Gasteiger partial charge in [0.2, 0.25) is 0 Å². The van der Waals surface area contributed by atoms with Crippen molar-refractivity contribution in [3.63, 3.8) is 0 Å². The Morgan fingerprint density at radius 3 is 2.42 bits per heavy atom. The maximum Gasteiger partial charge on any atom is 0.416 e. The maximum atomic E-state index is 15.7. The fraction of sp³-hybridized carbons (Fsp3) is 0.156. The predicted octanol–water partition coefficient (Wildman–Crippen LogP) is 8.02. The van der Waals surface area contributed by atoms with Crippen molar-refractivity contribution in [2.24, 2.45) is 0 Å². The molecule has 1 heterocycles. The highest BCUT2D eigenvalue weighted by atomic mass is 35.5. The van der Waals surface area contributed by atoms with E-state index in [-0.39, 0.29) is 17.9 Å². The number of amides is 1. The highest BCUT2D eigenvalue weighted by Crippen LogP contribution is 2.34. The molecule has 1 unspecified atom stereocenters. The van der Waals surface area contributed by atoms with E-state index in [0.29, 0.717) is 21.5 Å². The topological polar surface area (TPSA) is 88.5 Å². The minimum absolute atomic E-state index is 0.0963. The number of fused-ring (bicyclic) bond motifs is 1. The van der Waals surface area contributed by atoms with Crippen LogP contribution < -0.4 is 10.1 Å². The van der Waals surface area contributed by atoms with E-state index in [4.69, 9.17) is 16.3 Å². The van der Waals surface area contributed by atoms with E-state index in [1.807, 2.05) is 6.07 Å². The summed E-state index contributed by atoms with van der Waals surface area (Å²) < 4.78 is 59.8. The molecule has 0 radical (unpaired) electrons. The van der Waals surface area contributed by atoms with Gasteiger partial charge in [0.25, 0.3) is 5.91 Å². The normalized spacial score (nSPS) is 17.3. The summed E-state index contributed by atoms with van der Waals surface area (Å²) in [5, 5.41) is 13.8. The van der Waals surface area contributed by atoms with Crippen LogP contribution in [0.4, 0.5) is 17.6 Å². The van der Waals surface area contributed by atoms with Gasteiger partial charge < -0.3 is 15.2 Å². The molecule has 0 saturated carbocycles. The van der Waals surface area contributed by atoms with Gasteiger partial charge in [-0.05, 0) is 83.3 Å². The number of rotatable bonds is 8. The number of alkyl halides is 4. The summed E-state index contributed by atoms with van der Waals surface area (Å²) in [6.45, 7) is 0. The summed E-state index contributed by atoms with van der Waals surface area (Å²) in [6.07, 6.45) is 0.833. The number of carboxylic acid groups (broad SMARTS) is 1. The first-order valence-electron chi connectivity index (χ1n) is 13.0. The summed E-state index contributed by atoms with van der Waals surface area (Å²) in [5.74, 6) is -1.75. The Bertz CT molecular complexity index is 1750. The van der Waals surface area contributed by atoms with Crippen molar-refractivity contribution in [2.45, 2.75) is 30.7 Å². The molecule has 0 bridgehead atoms. The first kappa shape index (κ1) is 29.8. The molecule has 220 valence electrons. The molecule has 0 saturated heterocycles. The van der Waals surface area contributed by atoms with Crippen LogP contribution in [0.15, 0.2) is 97.2 Å². The van der Waals surface area contributed by atoms with E-state index in [0.717, 1.165) is 23.3 Å². The van der Waals surface area contributed by atoms with Crippen LogP contribution in [0.5, 0.6) is 11.5 Å². The molecule has 0 spiro atoms. The summed E-state index contributed by atoms with van der Waals surface area (Å²) in [7, 11) is 0. The van der Waals surface area contributed by atoms with E-state index >= 15 is 4.39 Å². The van der Waals surface area contributed by atoms with Gasteiger partial charge in [0.15, 0.2) is 0 Å². The van der Waals surface area contributed by atoms with E-state index in [9.17, 15) is 27.9 Å². The van der Waals surface area contributed by atoms with Crippen LogP contribution in [0.1, 0.15) is 34.5 Å². The number of carbonyl (C=O) groups excluding carboxylic acids is 1. The summed E-state index contributed by atoms with van der Waals surface area (Å²) >= 11 is 6.04. The van der Waals surface area contributed by atoms with E-state index in [2.05, 4.69) is 10.3 Å². The number of pyridine rings is 1. The smallest absolute Gasteiger partial charge is 0.416 e. The maximum absolute atomic E-state index is 15.7. The number of halogens is 5. The molecule has 0 fully saturated rings. The minimum atomic E-state index is -4.47. The number of ether oxygens (including phenoxy) is 1. The van der Waals surface area contributed by atoms with Crippen LogP contribution in [0, 0.1) is 0 Å². The Hall–Kier alpha value is -4.70. The number of hydrogen-bond donors (Lipinski definition) is 2. The molecule has 1 aliphatic rings. The zero-order chi connectivity index (χ0) is 30.8. The lowest BCUT2D eigenvalue weighted by atomic mass is 9.86. The molecule has 11 heteroatoms. The van der Waals surface area contributed by atoms with Crippen molar-refractivity contribution >= 4 is 39.8 Å². The van der Waals surface area contributed by atoms with Crippen molar-refractivity contribution < 1.29 is 37.0 Å². The van der Waals surface area contributed by atoms with Gasteiger partial charge in [0.05, 0.1) is 5.56 Å². The Morgan fingerprint density at radius 1 is 1.02 bits per heavy atom. The Morgan fingerprint density at radius 2 is 1.77 bits per heavy atom. The standard InChI is InChI=1S/C32H23ClF4N2O4/c33-24-3-1-2-20(14-24)19-10-12-31(34,13-11-19)17-28(30(41)42)39-29(40)27-16-22-15-26(7-4-21(22)18-38-27)43-25-8-5-23(6-9-25)32(35,36)37/h1-12,14-16,18,28H,13,17H2,(H,39,40)(H,41,42)/t28-,31?/m0/s1. The van der Waals surface area contributed by atoms with Crippen LogP contribution in [-0.2, 0) is 11.0 Å². The largest absolute Gasteiger partial charge is 0.480 e. The number of allylic oxidation sites excluding steroid dienone is 4. The van der Waals surface area contributed by atoms with Gasteiger partial charge in [-0.2, -0.15) is 13.2 Å². The molecule has 1 aromatic heterocycles. The lowest BCUT2D eigenvalue weighted by molar-refractivity contribution is -0.140. The number of nitrogens with one attached hydrogen (secondary N) is 1. The summed E-state index contributed by atoms with van der Waals surface area (Å²) in [4.78, 5) is 29.1. The van der Waals surface area contributed by atoms with Gasteiger partial charge >= 0.3 is 12.1 Å². The number of aliphatic carboxylic acids is 1. The van der Waals surface area contributed by atoms with Crippen LogP contribution in [0.2, 0.25) is 5.02 Å². The molecule has 3 aromatic carbocycles. The average Bonchev–Trinajstić information content (AvgIpc) is 2.96. The van der Waals surface area contributed by atoms with Crippen LogP contribution in [0.3, 0.4) is 0 Å². The first-order valence-corrected chi connectivity index (χ1v) is 13.4. The third kappa shape index (κ3) is 7.21. The van der Waals surface area contributed by atoms with Crippen molar-refractivity contribution in [3.8, 4) is 11.5 Å². The molecule has 1 amide bonds. The first-order chi connectivity index (χ1) is 20.4. The monoisotopic (exact) mass is 610 g/mol. The van der Waals surface area contributed by atoms with Crippen molar-refractivity contribution in [1.29, 1.82) is 0 Å². The Labute approximate surface area is 248 Å². The number of carboxylic acids is 1. The quantitative estimate of drug-likeness (QED) is 0.197. The molecule has 2 N–H and O–H groups in total. The van der Waals surface area contributed by atoms with Gasteiger partial charge in [-0.25, -0.2) is 9.18 Å². The number of aromatic nitrogens is 1. The van der Waals surface area contributed by atoms with Gasteiger partial charge in [-0.3, -0.25) is 9.78 Å². The van der Waals surface area contributed by atoms with E-state index in [1.54, 1.807) is 48.6 Å². The molecular formula is C32H23ClF4N2O4. The summed E-state index contributed by atoms with van der Waals surface area (Å²) in [6, 6.07) is 15.9. The van der Waals surface area contributed by atoms with Crippen molar-refractivity contribution in [1.82, 2.24) is 10.3 Å². The fourth-order valence-corrected chi connectivity index (χ4v) is 4.80. The molecule has 6 nitrogen and oxygen atoms in total. The highest BCUT2D eigenvalue weighted by Gasteiger charge is 2.35. The van der Waals surface area contributed by atoms with Gasteiger partial charge in [0, 0.05) is 29.4 Å². The zero-order valence-electron chi connectivity index (χ0n) is 22.2. The Balaban J connectivity index is 1.27. The third-order valence-corrected chi connectivity index (χ3v) is 7.11. The average molecular weight is 611 g/mol. The van der Waals surface area contributed by atoms with E-state index in [1.165, 1.54) is 30.5 Å². The molecule has 43 heavy (non-hydrogen) atoms. The molecule has 2 atom stereocenters.